The van der Waals surface area contributed by atoms with Crippen LogP contribution in [0.4, 0.5) is 5.95 Å². The third-order valence-corrected chi connectivity index (χ3v) is 4.05. The van der Waals surface area contributed by atoms with Gasteiger partial charge in [0.1, 0.15) is 5.52 Å². The molecular weight excluding hydrogens is 226 g/mol. The van der Waals surface area contributed by atoms with Crippen LogP contribution in [0.2, 0.25) is 0 Å². The van der Waals surface area contributed by atoms with E-state index in [1.165, 1.54) is 6.42 Å². The van der Waals surface area contributed by atoms with E-state index in [1.54, 1.807) is 0 Å². The maximum Gasteiger partial charge on any atom is 0.246 e. The fourth-order valence-corrected chi connectivity index (χ4v) is 3.09. The van der Waals surface area contributed by atoms with Crippen LogP contribution in [0, 0.1) is 5.92 Å². The van der Waals surface area contributed by atoms with E-state index in [0.29, 0.717) is 6.04 Å². The van der Waals surface area contributed by atoms with Crippen LogP contribution >= 0.6 is 0 Å². The summed E-state index contributed by atoms with van der Waals surface area (Å²) < 4.78 is 0. The van der Waals surface area contributed by atoms with E-state index in [4.69, 9.17) is 0 Å². The molecule has 3 heterocycles. The lowest BCUT2D eigenvalue weighted by Gasteiger charge is -2.22. The number of aromatic nitrogens is 3. The first kappa shape index (κ1) is 10.2. The van der Waals surface area contributed by atoms with Crippen molar-refractivity contribution in [3.63, 3.8) is 0 Å². The predicted octanol–water partition coefficient (Wildman–Crippen LogP) is 0.823. The van der Waals surface area contributed by atoms with Crippen LogP contribution in [0.1, 0.15) is 6.42 Å². The molecule has 1 aromatic heterocycles. The zero-order valence-electron chi connectivity index (χ0n) is 10.1. The fourth-order valence-electron chi connectivity index (χ4n) is 3.09. The van der Waals surface area contributed by atoms with Crippen molar-refractivity contribution < 1.29 is 0 Å². The van der Waals surface area contributed by atoms with Crippen molar-refractivity contribution in [1.82, 2.24) is 20.5 Å². The van der Waals surface area contributed by atoms with E-state index >= 15 is 0 Å². The lowest BCUT2D eigenvalue weighted by molar-refractivity contribution is 0.575. The molecule has 92 valence electrons. The Morgan fingerprint density at radius 2 is 2.00 bits per heavy atom. The summed E-state index contributed by atoms with van der Waals surface area (Å²) in [6.45, 7) is 3.22. The topological polar surface area (TPSA) is 53.9 Å². The molecule has 0 radical (unpaired) electrons. The van der Waals surface area contributed by atoms with Crippen LogP contribution in [0.5, 0.6) is 0 Å². The van der Waals surface area contributed by atoms with Gasteiger partial charge in [0.25, 0.3) is 0 Å². The van der Waals surface area contributed by atoms with E-state index in [2.05, 4.69) is 25.4 Å². The van der Waals surface area contributed by atoms with Crippen molar-refractivity contribution >= 4 is 17.0 Å². The maximum atomic E-state index is 4.64. The third kappa shape index (κ3) is 1.47. The highest BCUT2D eigenvalue weighted by molar-refractivity contribution is 5.74. The van der Waals surface area contributed by atoms with Crippen molar-refractivity contribution in [3.8, 4) is 0 Å². The second-order valence-electron chi connectivity index (χ2n) is 5.07. The van der Waals surface area contributed by atoms with Crippen molar-refractivity contribution in [2.75, 3.05) is 24.5 Å². The number of rotatable bonds is 1. The van der Waals surface area contributed by atoms with E-state index in [-0.39, 0.29) is 0 Å². The molecule has 0 saturated carbocycles. The summed E-state index contributed by atoms with van der Waals surface area (Å²) in [6.07, 6.45) is 1.23. The van der Waals surface area contributed by atoms with Gasteiger partial charge >= 0.3 is 0 Å². The quantitative estimate of drug-likeness (QED) is 0.801. The van der Waals surface area contributed by atoms with Crippen LogP contribution in [0.25, 0.3) is 11.0 Å². The van der Waals surface area contributed by atoms with E-state index in [9.17, 15) is 0 Å². The van der Waals surface area contributed by atoms with Gasteiger partial charge in [-0.05, 0) is 24.5 Å². The van der Waals surface area contributed by atoms with Gasteiger partial charge in [-0.3, -0.25) is 0 Å². The average Bonchev–Trinajstić information content (AvgIpc) is 3.00. The second-order valence-corrected chi connectivity index (χ2v) is 5.07. The molecule has 2 atom stereocenters. The Hall–Kier alpha value is -1.75. The number of fused-ring (bicyclic) bond motifs is 2. The maximum absolute atomic E-state index is 4.64. The zero-order valence-corrected chi connectivity index (χ0v) is 10.1. The lowest BCUT2D eigenvalue weighted by Crippen LogP contribution is -2.35. The van der Waals surface area contributed by atoms with Crippen molar-refractivity contribution in [2.45, 2.75) is 12.5 Å². The zero-order chi connectivity index (χ0) is 11.9. The molecule has 2 aliphatic heterocycles. The largest absolute Gasteiger partial charge is 0.335 e. The summed E-state index contributed by atoms with van der Waals surface area (Å²) in [4.78, 5) is 6.95. The minimum Gasteiger partial charge on any atom is -0.335 e. The summed E-state index contributed by atoms with van der Waals surface area (Å²) in [5.74, 6) is 1.53. The number of nitrogens with zero attached hydrogens (tertiary/aromatic N) is 4. The molecule has 0 spiro atoms. The first-order valence-electron chi connectivity index (χ1n) is 6.48. The molecule has 2 aliphatic rings. The minimum absolute atomic E-state index is 0.549. The molecule has 1 N–H and O–H groups in total. The lowest BCUT2D eigenvalue weighted by atomic mass is 10.1. The highest BCUT2D eigenvalue weighted by atomic mass is 15.4. The fraction of sp³-hybridized carbons (Fsp3) is 0.462. The van der Waals surface area contributed by atoms with Gasteiger partial charge < -0.3 is 10.2 Å². The van der Waals surface area contributed by atoms with Gasteiger partial charge in [-0.25, -0.2) is 4.98 Å². The van der Waals surface area contributed by atoms with E-state index in [0.717, 1.165) is 42.5 Å². The number of anilines is 1. The van der Waals surface area contributed by atoms with E-state index in [1.807, 2.05) is 24.3 Å². The smallest absolute Gasteiger partial charge is 0.246 e. The summed E-state index contributed by atoms with van der Waals surface area (Å²) in [7, 11) is 0. The van der Waals surface area contributed by atoms with Gasteiger partial charge in [0.05, 0.1) is 5.52 Å². The van der Waals surface area contributed by atoms with Crippen LogP contribution in [-0.4, -0.2) is 40.9 Å². The second kappa shape index (κ2) is 3.88. The average molecular weight is 241 g/mol. The number of benzene rings is 1. The molecule has 0 amide bonds. The van der Waals surface area contributed by atoms with Crippen LogP contribution in [0.3, 0.4) is 0 Å². The molecule has 18 heavy (non-hydrogen) atoms. The van der Waals surface area contributed by atoms with Crippen molar-refractivity contribution in [1.29, 1.82) is 0 Å². The molecule has 1 aromatic carbocycles. The number of para-hydroxylation sites is 1. The van der Waals surface area contributed by atoms with Crippen molar-refractivity contribution in [3.05, 3.63) is 24.3 Å². The molecule has 2 fully saturated rings. The van der Waals surface area contributed by atoms with Gasteiger partial charge in [0, 0.05) is 25.7 Å². The Morgan fingerprint density at radius 1 is 1.11 bits per heavy atom. The molecule has 0 aliphatic carbocycles. The van der Waals surface area contributed by atoms with E-state index < -0.39 is 0 Å². The first-order chi connectivity index (χ1) is 8.92. The van der Waals surface area contributed by atoms with Gasteiger partial charge in [-0.1, -0.05) is 12.1 Å². The van der Waals surface area contributed by atoms with Gasteiger partial charge in [-0.2, -0.15) is 0 Å². The summed E-state index contributed by atoms with van der Waals surface area (Å²) in [5, 5.41) is 12.0. The Labute approximate surface area is 105 Å². The Balaban J connectivity index is 1.74. The Kier molecular flexibility index (Phi) is 2.20. The van der Waals surface area contributed by atoms with Crippen LogP contribution in [-0.2, 0) is 0 Å². The first-order valence-corrected chi connectivity index (χ1v) is 6.48. The number of hydrogen-bond acceptors (Lipinski definition) is 5. The SMILES string of the molecule is c1ccc2nc(N3CC[C@H]4CNC[C@H]43)nnc2c1. The van der Waals surface area contributed by atoms with Gasteiger partial charge in [0.2, 0.25) is 5.95 Å². The van der Waals surface area contributed by atoms with Crippen LogP contribution < -0.4 is 10.2 Å². The molecule has 4 rings (SSSR count). The minimum atomic E-state index is 0.549. The summed E-state index contributed by atoms with van der Waals surface area (Å²) >= 11 is 0. The summed E-state index contributed by atoms with van der Waals surface area (Å²) in [5.41, 5.74) is 1.79. The highest BCUT2D eigenvalue weighted by Crippen LogP contribution is 2.29. The highest BCUT2D eigenvalue weighted by Gasteiger charge is 2.38. The predicted molar refractivity (Wildman–Crippen MR) is 69.4 cm³/mol. The van der Waals surface area contributed by atoms with Crippen LogP contribution in [0.15, 0.2) is 24.3 Å². The number of nitrogens with one attached hydrogen (secondary N) is 1. The Bertz CT molecular complexity index is 584. The van der Waals surface area contributed by atoms with Gasteiger partial charge in [-0.15, -0.1) is 10.2 Å². The molecular formula is C13H15N5. The molecule has 5 nitrogen and oxygen atoms in total. The third-order valence-electron chi connectivity index (χ3n) is 4.05. The molecule has 0 unspecified atom stereocenters. The molecule has 2 aromatic rings. The summed E-state index contributed by atoms with van der Waals surface area (Å²) in [6, 6.07) is 8.44. The molecule has 5 heteroatoms. The van der Waals surface area contributed by atoms with Gasteiger partial charge in [0.15, 0.2) is 0 Å². The monoisotopic (exact) mass is 241 g/mol. The molecule has 0 bridgehead atoms. The standard InChI is InChI=1S/C13H15N5/c1-2-4-11-10(3-1)15-13(17-16-11)18-6-5-9-7-14-8-12(9)18/h1-4,9,12,14H,5-8H2/t9-,12+/m0/s1. The number of hydrogen-bond donors (Lipinski definition) is 1. The Morgan fingerprint density at radius 3 is 2.94 bits per heavy atom. The van der Waals surface area contributed by atoms with Crippen molar-refractivity contribution in [2.24, 2.45) is 5.92 Å². The molecule has 2 saturated heterocycles. The normalized spacial score (nSPS) is 26.8.